The number of methoxy groups -OCH3 is 1. The molecule has 0 radical (unpaired) electrons. The number of hydrogen-bond acceptors (Lipinski definition) is 8. The lowest BCUT2D eigenvalue weighted by molar-refractivity contribution is -0.385. The second-order valence-corrected chi connectivity index (χ2v) is 8.72. The van der Waals surface area contributed by atoms with Crippen LogP contribution in [0.15, 0.2) is 53.4 Å². The van der Waals surface area contributed by atoms with Crippen molar-refractivity contribution in [1.82, 2.24) is 4.31 Å². The molecule has 0 aliphatic carbocycles. The summed E-state index contributed by atoms with van der Waals surface area (Å²) in [6, 6.07) is 10.1. The molecule has 1 saturated heterocycles. The minimum atomic E-state index is -3.59. The third-order valence-electron chi connectivity index (χ3n) is 4.74. The maximum Gasteiger partial charge on any atom is 0.331 e. The number of benzene rings is 2. The number of carbonyl (C=O) groups is 1. The summed E-state index contributed by atoms with van der Waals surface area (Å²) >= 11 is 0. The van der Waals surface area contributed by atoms with E-state index in [2.05, 4.69) is 0 Å². The van der Waals surface area contributed by atoms with Crippen LogP contribution in [0.4, 0.5) is 5.69 Å². The third kappa shape index (κ3) is 5.69. The van der Waals surface area contributed by atoms with Gasteiger partial charge in [-0.3, -0.25) is 10.1 Å². The maximum absolute atomic E-state index is 12.6. The average Bonchev–Trinajstić information content (AvgIpc) is 2.82. The van der Waals surface area contributed by atoms with Crippen LogP contribution in [-0.4, -0.2) is 57.0 Å². The minimum absolute atomic E-state index is 0.139. The normalized spacial score (nSPS) is 14.9. The second kappa shape index (κ2) is 10.4. The first-order valence-corrected chi connectivity index (χ1v) is 11.1. The van der Waals surface area contributed by atoms with Crippen LogP contribution in [0, 0.1) is 10.1 Å². The lowest BCUT2D eigenvalue weighted by Gasteiger charge is -2.26. The van der Waals surface area contributed by atoms with Gasteiger partial charge in [0, 0.05) is 36.9 Å². The number of nitro groups is 1. The molecule has 0 N–H and O–H groups in total. The van der Waals surface area contributed by atoms with Gasteiger partial charge in [-0.05, 0) is 29.8 Å². The van der Waals surface area contributed by atoms with Gasteiger partial charge in [-0.15, -0.1) is 0 Å². The summed E-state index contributed by atoms with van der Waals surface area (Å²) in [7, 11) is -2.18. The number of nitrogens with zero attached hydrogens (tertiary/aromatic N) is 2. The third-order valence-corrected chi connectivity index (χ3v) is 6.66. The van der Waals surface area contributed by atoms with E-state index >= 15 is 0 Å². The Bertz CT molecular complexity index is 1110. The van der Waals surface area contributed by atoms with E-state index in [1.54, 1.807) is 12.1 Å². The highest BCUT2D eigenvalue weighted by Gasteiger charge is 2.26. The first kappa shape index (κ1) is 23.4. The fraction of sp³-hybridized carbons (Fsp3) is 0.286. The molecule has 170 valence electrons. The van der Waals surface area contributed by atoms with Crippen molar-refractivity contribution in [2.75, 3.05) is 33.4 Å². The van der Waals surface area contributed by atoms with Crippen LogP contribution in [-0.2, 0) is 30.9 Å². The topological polar surface area (TPSA) is 125 Å². The zero-order chi connectivity index (χ0) is 23.1. The van der Waals surface area contributed by atoms with Crippen LogP contribution in [0.25, 0.3) is 6.08 Å². The molecule has 0 amide bonds. The Balaban J connectivity index is 1.61. The molecule has 32 heavy (non-hydrogen) atoms. The number of sulfonamides is 1. The fourth-order valence-corrected chi connectivity index (χ4v) is 4.45. The van der Waals surface area contributed by atoms with Crippen LogP contribution in [0.2, 0.25) is 0 Å². The van der Waals surface area contributed by atoms with Crippen LogP contribution in [0.5, 0.6) is 5.75 Å². The molecule has 0 aromatic heterocycles. The average molecular weight is 462 g/mol. The van der Waals surface area contributed by atoms with Crippen molar-refractivity contribution in [1.29, 1.82) is 0 Å². The van der Waals surface area contributed by atoms with Crippen LogP contribution in [0.1, 0.15) is 11.1 Å². The van der Waals surface area contributed by atoms with E-state index in [1.165, 1.54) is 53.9 Å². The zero-order valence-electron chi connectivity index (χ0n) is 17.3. The molecule has 2 aromatic rings. The van der Waals surface area contributed by atoms with Crippen LogP contribution < -0.4 is 4.74 Å². The molecule has 3 rings (SSSR count). The van der Waals surface area contributed by atoms with E-state index in [1.807, 2.05) is 0 Å². The van der Waals surface area contributed by atoms with Crippen molar-refractivity contribution >= 4 is 27.8 Å². The monoisotopic (exact) mass is 462 g/mol. The van der Waals surface area contributed by atoms with Gasteiger partial charge in [0.05, 0.1) is 30.1 Å². The van der Waals surface area contributed by atoms with Crippen LogP contribution >= 0.6 is 0 Å². The summed E-state index contributed by atoms with van der Waals surface area (Å²) in [6.45, 7) is 1.15. The van der Waals surface area contributed by atoms with Crippen molar-refractivity contribution < 1.29 is 32.3 Å². The van der Waals surface area contributed by atoms with Gasteiger partial charge in [0.25, 0.3) is 5.69 Å². The number of esters is 1. The zero-order valence-corrected chi connectivity index (χ0v) is 18.1. The lowest BCUT2D eigenvalue weighted by atomic mass is 10.2. The van der Waals surface area contributed by atoms with Gasteiger partial charge in [0.1, 0.15) is 12.4 Å². The predicted octanol–water partition coefficient (Wildman–Crippen LogP) is 2.38. The first-order chi connectivity index (χ1) is 15.3. The maximum atomic E-state index is 12.6. The van der Waals surface area contributed by atoms with Crippen LogP contribution in [0.3, 0.4) is 0 Å². The molecule has 10 nitrogen and oxygen atoms in total. The Labute approximate surface area is 185 Å². The van der Waals surface area contributed by atoms with E-state index in [0.29, 0.717) is 43.2 Å². The van der Waals surface area contributed by atoms with Crippen molar-refractivity contribution in [3.63, 3.8) is 0 Å². The van der Waals surface area contributed by atoms with Gasteiger partial charge < -0.3 is 14.2 Å². The summed E-state index contributed by atoms with van der Waals surface area (Å²) in [6.07, 6.45) is 2.67. The number of ether oxygens (including phenoxy) is 3. The number of non-ortho nitro benzene ring substituents is 1. The highest BCUT2D eigenvalue weighted by atomic mass is 32.2. The highest BCUT2D eigenvalue weighted by Crippen LogP contribution is 2.25. The van der Waals surface area contributed by atoms with E-state index in [-0.39, 0.29) is 17.2 Å². The Morgan fingerprint density at radius 2 is 1.88 bits per heavy atom. The van der Waals surface area contributed by atoms with Gasteiger partial charge in [-0.2, -0.15) is 4.31 Å². The SMILES string of the molecule is COc1ccc([N+](=O)[O-])cc1COC(=O)/C=C/c1ccc(S(=O)(=O)N2CCOCC2)cc1. The number of morpholine rings is 1. The quantitative estimate of drug-likeness (QED) is 0.253. The fourth-order valence-electron chi connectivity index (χ4n) is 3.04. The van der Waals surface area contributed by atoms with Gasteiger partial charge in [0.2, 0.25) is 10.0 Å². The summed E-state index contributed by atoms with van der Waals surface area (Å²) in [4.78, 5) is 22.6. The molecule has 0 saturated carbocycles. The molecule has 1 heterocycles. The highest BCUT2D eigenvalue weighted by molar-refractivity contribution is 7.89. The Morgan fingerprint density at radius 3 is 2.50 bits per heavy atom. The van der Waals surface area contributed by atoms with Crippen molar-refractivity contribution in [2.45, 2.75) is 11.5 Å². The van der Waals surface area contributed by atoms with Crippen molar-refractivity contribution in [3.05, 3.63) is 69.8 Å². The predicted molar refractivity (Wildman–Crippen MR) is 114 cm³/mol. The largest absolute Gasteiger partial charge is 0.496 e. The molecule has 1 fully saturated rings. The van der Waals surface area contributed by atoms with Gasteiger partial charge in [-0.25, -0.2) is 13.2 Å². The molecule has 0 spiro atoms. The van der Waals surface area contributed by atoms with E-state index in [9.17, 15) is 23.3 Å². The summed E-state index contributed by atoms with van der Waals surface area (Å²) < 4.78 is 42.1. The molecule has 2 aromatic carbocycles. The summed E-state index contributed by atoms with van der Waals surface area (Å²) in [5, 5.41) is 10.9. The molecule has 1 aliphatic rings. The summed E-state index contributed by atoms with van der Waals surface area (Å²) in [5.74, 6) is -0.298. The smallest absolute Gasteiger partial charge is 0.331 e. The lowest BCUT2D eigenvalue weighted by Crippen LogP contribution is -2.40. The minimum Gasteiger partial charge on any atom is -0.496 e. The molecular formula is C21H22N2O8S. The Hall–Kier alpha value is -3.28. The molecule has 0 unspecified atom stereocenters. The van der Waals surface area contributed by atoms with E-state index in [0.717, 1.165) is 0 Å². The number of hydrogen-bond donors (Lipinski definition) is 0. The molecule has 11 heteroatoms. The Morgan fingerprint density at radius 1 is 1.19 bits per heavy atom. The van der Waals surface area contributed by atoms with Gasteiger partial charge in [0.15, 0.2) is 0 Å². The number of rotatable bonds is 8. The number of nitro benzene ring substituents is 1. The second-order valence-electron chi connectivity index (χ2n) is 6.78. The first-order valence-electron chi connectivity index (χ1n) is 9.65. The molecule has 0 atom stereocenters. The number of carbonyl (C=O) groups excluding carboxylic acids is 1. The Kier molecular flexibility index (Phi) is 7.57. The van der Waals surface area contributed by atoms with Gasteiger partial charge in [-0.1, -0.05) is 12.1 Å². The molecule has 0 bridgehead atoms. The standard InChI is InChI=1S/C21H22N2O8S/c1-29-20-8-5-18(23(25)26)14-17(20)15-31-21(24)9-4-16-2-6-19(7-3-16)32(27,28)22-10-12-30-13-11-22/h2-9,14H,10-13,15H2,1H3/b9-4+. The molecular weight excluding hydrogens is 440 g/mol. The molecule has 1 aliphatic heterocycles. The van der Waals surface area contributed by atoms with Gasteiger partial charge >= 0.3 is 5.97 Å². The van der Waals surface area contributed by atoms with E-state index < -0.39 is 20.9 Å². The van der Waals surface area contributed by atoms with E-state index in [4.69, 9.17) is 14.2 Å². The summed E-state index contributed by atoms with van der Waals surface area (Å²) in [5.41, 5.74) is 0.830. The van der Waals surface area contributed by atoms with Crippen molar-refractivity contribution in [3.8, 4) is 5.75 Å². The van der Waals surface area contributed by atoms with Crippen molar-refractivity contribution in [2.24, 2.45) is 0 Å².